The molecule has 0 saturated heterocycles. The summed E-state index contributed by atoms with van der Waals surface area (Å²) in [5, 5.41) is 0. The van der Waals surface area contributed by atoms with Crippen LogP contribution in [0.2, 0.25) is 0 Å². The van der Waals surface area contributed by atoms with E-state index in [0.717, 1.165) is 10.2 Å². The summed E-state index contributed by atoms with van der Waals surface area (Å²) in [6, 6.07) is 14.4. The van der Waals surface area contributed by atoms with Crippen LogP contribution in [-0.4, -0.2) is 19.0 Å². The Morgan fingerprint density at radius 3 is 2.10 bits per heavy atom. The zero-order valence-corrected chi connectivity index (χ0v) is 12.9. The molecule has 0 aliphatic heterocycles. The van der Waals surface area contributed by atoms with Crippen molar-refractivity contribution in [1.82, 2.24) is 0 Å². The number of Topliss-reactive ketones (excluding diaryl/α,β-unsaturated/α-hetero) is 1. The van der Waals surface area contributed by atoms with Gasteiger partial charge in [-0.1, -0.05) is 15.9 Å². The molecule has 3 nitrogen and oxygen atoms in total. The fourth-order valence-electron chi connectivity index (χ4n) is 1.76. The van der Waals surface area contributed by atoms with E-state index >= 15 is 0 Å². The molecule has 0 radical (unpaired) electrons. The SMILES string of the molecule is COc1ccc(C(=O)C(C)Oc2ccc(Br)cc2)cc1. The minimum absolute atomic E-state index is 0.0597. The number of carbonyl (C=O) groups is 1. The molecule has 0 fully saturated rings. The van der Waals surface area contributed by atoms with Crippen molar-refractivity contribution < 1.29 is 14.3 Å². The smallest absolute Gasteiger partial charge is 0.202 e. The highest BCUT2D eigenvalue weighted by molar-refractivity contribution is 9.10. The summed E-state index contributed by atoms with van der Waals surface area (Å²) in [5.41, 5.74) is 0.607. The van der Waals surface area contributed by atoms with E-state index in [-0.39, 0.29) is 5.78 Å². The number of rotatable bonds is 5. The van der Waals surface area contributed by atoms with Crippen LogP contribution >= 0.6 is 15.9 Å². The number of hydrogen-bond acceptors (Lipinski definition) is 3. The Kier molecular flexibility index (Phi) is 4.79. The number of ketones is 1. The lowest BCUT2D eigenvalue weighted by Gasteiger charge is -2.14. The van der Waals surface area contributed by atoms with Gasteiger partial charge in [-0.2, -0.15) is 0 Å². The summed E-state index contributed by atoms with van der Waals surface area (Å²) in [7, 11) is 1.59. The number of methoxy groups -OCH3 is 1. The van der Waals surface area contributed by atoms with Crippen molar-refractivity contribution >= 4 is 21.7 Å². The third-order valence-corrected chi connectivity index (χ3v) is 3.40. The van der Waals surface area contributed by atoms with E-state index in [9.17, 15) is 4.79 Å². The first-order valence-electron chi connectivity index (χ1n) is 6.20. The molecule has 0 amide bonds. The maximum Gasteiger partial charge on any atom is 0.202 e. The van der Waals surface area contributed by atoms with Crippen LogP contribution < -0.4 is 9.47 Å². The lowest BCUT2D eigenvalue weighted by Crippen LogP contribution is -2.23. The number of hydrogen-bond donors (Lipinski definition) is 0. The lowest BCUT2D eigenvalue weighted by atomic mass is 10.1. The Labute approximate surface area is 126 Å². The van der Waals surface area contributed by atoms with Gasteiger partial charge in [0.2, 0.25) is 5.78 Å². The molecule has 2 aromatic rings. The van der Waals surface area contributed by atoms with E-state index in [0.29, 0.717) is 11.3 Å². The molecule has 2 rings (SSSR count). The monoisotopic (exact) mass is 334 g/mol. The molecule has 0 N–H and O–H groups in total. The van der Waals surface area contributed by atoms with Gasteiger partial charge in [-0.05, 0) is 55.5 Å². The molecule has 104 valence electrons. The van der Waals surface area contributed by atoms with Crippen LogP contribution in [0.3, 0.4) is 0 Å². The topological polar surface area (TPSA) is 35.5 Å². The molecular weight excluding hydrogens is 320 g/mol. The van der Waals surface area contributed by atoms with Crippen molar-refractivity contribution in [3.63, 3.8) is 0 Å². The minimum Gasteiger partial charge on any atom is -0.497 e. The number of ether oxygens (including phenoxy) is 2. The van der Waals surface area contributed by atoms with Crippen LogP contribution in [0.15, 0.2) is 53.0 Å². The minimum atomic E-state index is -0.537. The Morgan fingerprint density at radius 2 is 1.55 bits per heavy atom. The first kappa shape index (κ1) is 14.6. The van der Waals surface area contributed by atoms with Crippen molar-refractivity contribution in [3.8, 4) is 11.5 Å². The number of halogens is 1. The van der Waals surface area contributed by atoms with E-state index in [1.165, 1.54) is 0 Å². The second-order valence-electron chi connectivity index (χ2n) is 4.31. The van der Waals surface area contributed by atoms with Gasteiger partial charge in [0.15, 0.2) is 6.10 Å². The van der Waals surface area contributed by atoms with Crippen molar-refractivity contribution in [3.05, 3.63) is 58.6 Å². The molecule has 0 aliphatic carbocycles. The Balaban J connectivity index is 2.05. The fraction of sp³-hybridized carbons (Fsp3) is 0.188. The second kappa shape index (κ2) is 6.57. The first-order valence-corrected chi connectivity index (χ1v) is 7.00. The van der Waals surface area contributed by atoms with Gasteiger partial charge in [-0.25, -0.2) is 0 Å². The Hall–Kier alpha value is -1.81. The second-order valence-corrected chi connectivity index (χ2v) is 5.22. The normalized spacial score (nSPS) is 11.8. The van der Waals surface area contributed by atoms with Crippen molar-refractivity contribution in [2.24, 2.45) is 0 Å². The van der Waals surface area contributed by atoms with Crippen molar-refractivity contribution in [1.29, 1.82) is 0 Å². The zero-order chi connectivity index (χ0) is 14.5. The van der Waals surface area contributed by atoms with Gasteiger partial charge >= 0.3 is 0 Å². The highest BCUT2D eigenvalue weighted by Gasteiger charge is 2.16. The highest BCUT2D eigenvalue weighted by atomic mass is 79.9. The van der Waals surface area contributed by atoms with Gasteiger partial charge in [-0.15, -0.1) is 0 Å². The molecular formula is C16H15BrO3. The summed E-state index contributed by atoms with van der Waals surface area (Å²) in [6.07, 6.45) is -0.537. The Morgan fingerprint density at radius 1 is 1.00 bits per heavy atom. The predicted octanol–water partition coefficient (Wildman–Crippen LogP) is 4.11. The lowest BCUT2D eigenvalue weighted by molar-refractivity contribution is 0.0818. The average molecular weight is 335 g/mol. The van der Waals surface area contributed by atoms with E-state index in [4.69, 9.17) is 9.47 Å². The summed E-state index contributed by atoms with van der Waals surface area (Å²) in [6.45, 7) is 1.74. The molecule has 2 aromatic carbocycles. The summed E-state index contributed by atoms with van der Waals surface area (Å²) >= 11 is 3.36. The number of benzene rings is 2. The quantitative estimate of drug-likeness (QED) is 0.772. The van der Waals surface area contributed by atoms with E-state index < -0.39 is 6.10 Å². The summed E-state index contributed by atoms with van der Waals surface area (Å²) in [4.78, 5) is 12.2. The zero-order valence-electron chi connectivity index (χ0n) is 11.3. The largest absolute Gasteiger partial charge is 0.497 e. The molecule has 0 aliphatic rings. The van der Waals surface area contributed by atoms with E-state index in [2.05, 4.69) is 15.9 Å². The molecule has 4 heteroatoms. The van der Waals surface area contributed by atoms with Gasteiger partial charge in [0, 0.05) is 10.0 Å². The third kappa shape index (κ3) is 3.61. The van der Waals surface area contributed by atoms with E-state index in [1.807, 2.05) is 24.3 Å². The van der Waals surface area contributed by atoms with Gasteiger partial charge in [-0.3, -0.25) is 4.79 Å². The highest BCUT2D eigenvalue weighted by Crippen LogP contribution is 2.19. The molecule has 0 spiro atoms. The van der Waals surface area contributed by atoms with Crippen LogP contribution in [0.1, 0.15) is 17.3 Å². The standard InChI is InChI=1S/C16H15BrO3/c1-11(20-15-9-5-13(17)6-10-15)16(18)12-3-7-14(19-2)8-4-12/h3-11H,1-2H3. The Bertz CT molecular complexity index is 576. The average Bonchev–Trinajstić information content (AvgIpc) is 2.49. The van der Waals surface area contributed by atoms with Gasteiger partial charge < -0.3 is 9.47 Å². The number of carbonyl (C=O) groups excluding carboxylic acids is 1. The van der Waals surface area contributed by atoms with Crippen LogP contribution in [0.5, 0.6) is 11.5 Å². The first-order chi connectivity index (χ1) is 9.60. The third-order valence-electron chi connectivity index (χ3n) is 2.87. The van der Waals surface area contributed by atoms with Gasteiger partial charge in [0.05, 0.1) is 7.11 Å². The van der Waals surface area contributed by atoms with Crippen LogP contribution in [-0.2, 0) is 0 Å². The summed E-state index contributed by atoms with van der Waals surface area (Å²) in [5.74, 6) is 1.33. The predicted molar refractivity (Wildman–Crippen MR) is 81.6 cm³/mol. The summed E-state index contributed by atoms with van der Waals surface area (Å²) < 4.78 is 11.7. The molecule has 0 saturated carbocycles. The van der Waals surface area contributed by atoms with Gasteiger partial charge in [0.1, 0.15) is 11.5 Å². The van der Waals surface area contributed by atoms with Crippen molar-refractivity contribution in [2.75, 3.05) is 7.11 Å². The maximum atomic E-state index is 12.2. The fourth-order valence-corrected chi connectivity index (χ4v) is 2.03. The van der Waals surface area contributed by atoms with Crippen LogP contribution in [0, 0.1) is 0 Å². The molecule has 0 bridgehead atoms. The van der Waals surface area contributed by atoms with Crippen molar-refractivity contribution in [2.45, 2.75) is 13.0 Å². The van der Waals surface area contributed by atoms with Crippen LogP contribution in [0.4, 0.5) is 0 Å². The van der Waals surface area contributed by atoms with Crippen LogP contribution in [0.25, 0.3) is 0 Å². The molecule has 20 heavy (non-hydrogen) atoms. The molecule has 1 atom stereocenters. The molecule has 0 aromatic heterocycles. The molecule has 1 unspecified atom stereocenters. The molecule has 0 heterocycles. The maximum absolute atomic E-state index is 12.2. The van der Waals surface area contributed by atoms with Gasteiger partial charge in [0.25, 0.3) is 0 Å². The van der Waals surface area contributed by atoms with E-state index in [1.54, 1.807) is 38.3 Å².